The number of carbonyl (C=O) groups excluding carboxylic acids is 2. The number of nitrogens with one attached hydrogen (secondary N) is 1. The van der Waals surface area contributed by atoms with Gasteiger partial charge in [-0.15, -0.1) is 0 Å². The second-order valence-corrected chi connectivity index (χ2v) is 10.2. The van der Waals surface area contributed by atoms with E-state index in [0.717, 1.165) is 0 Å². The Balaban J connectivity index is 1.48. The smallest absolute Gasteiger partial charge is 0.338 e. The van der Waals surface area contributed by atoms with Gasteiger partial charge in [-0.2, -0.15) is 26.3 Å². The molecule has 0 radical (unpaired) electrons. The molecule has 14 heteroatoms. The maximum absolute atomic E-state index is 14.4. The molecule has 1 unspecified atom stereocenters. The Kier molecular flexibility index (Phi) is 7.94. The molecule has 2 amide bonds. The number of hydroxylamine groups is 2. The van der Waals surface area contributed by atoms with E-state index in [1.54, 1.807) is 6.92 Å². The summed E-state index contributed by atoms with van der Waals surface area (Å²) in [5.41, 5.74) is -1.36. The van der Waals surface area contributed by atoms with E-state index >= 15 is 0 Å². The molecule has 39 heavy (non-hydrogen) atoms. The van der Waals surface area contributed by atoms with Crippen molar-refractivity contribution in [3.05, 3.63) is 68.7 Å². The number of amides is 2. The van der Waals surface area contributed by atoms with Crippen LogP contribution < -0.4 is 5.32 Å². The van der Waals surface area contributed by atoms with E-state index < -0.39 is 61.6 Å². The first-order chi connectivity index (χ1) is 18.1. The molecule has 1 saturated heterocycles. The number of hydrogen-bond donors (Lipinski definition) is 1. The van der Waals surface area contributed by atoms with Crippen molar-refractivity contribution in [1.29, 1.82) is 0 Å². The predicted molar refractivity (Wildman–Crippen MR) is 131 cm³/mol. The van der Waals surface area contributed by atoms with E-state index in [0.29, 0.717) is 16.2 Å². The van der Waals surface area contributed by atoms with Crippen molar-refractivity contribution in [2.75, 3.05) is 19.7 Å². The first-order valence-electron chi connectivity index (χ1n) is 11.6. The molecule has 0 bridgehead atoms. The van der Waals surface area contributed by atoms with Gasteiger partial charge in [0.05, 0.1) is 19.5 Å². The highest BCUT2D eigenvalue weighted by molar-refractivity contribution is 6.34. The Morgan fingerprint density at radius 2 is 1.79 bits per heavy atom. The van der Waals surface area contributed by atoms with Crippen LogP contribution in [-0.2, 0) is 15.0 Å². The average Bonchev–Trinajstić information content (AvgIpc) is 3.42. The molecule has 1 fully saturated rings. The fraction of sp³-hybridized carbons (Fsp3) is 0.400. The quantitative estimate of drug-likeness (QED) is 0.428. The second-order valence-electron chi connectivity index (χ2n) is 9.33. The van der Waals surface area contributed by atoms with Gasteiger partial charge in [0, 0.05) is 27.7 Å². The third kappa shape index (κ3) is 6.17. The molecule has 2 aromatic rings. The van der Waals surface area contributed by atoms with Gasteiger partial charge >= 0.3 is 12.4 Å². The van der Waals surface area contributed by atoms with Gasteiger partial charge in [0.15, 0.2) is 0 Å². The fourth-order valence-electron chi connectivity index (χ4n) is 4.51. The first kappa shape index (κ1) is 29.2. The van der Waals surface area contributed by atoms with E-state index in [1.807, 2.05) is 0 Å². The summed E-state index contributed by atoms with van der Waals surface area (Å²) in [4.78, 5) is 34.2. The first-order valence-corrected chi connectivity index (χ1v) is 12.3. The average molecular weight is 596 g/mol. The number of halogens is 8. The molecule has 4 rings (SSSR count). The van der Waals surface area contributed by atoms with Crippen LogP contribution in [0.25, 0.3) is 0 Å². The highest BCUT2D eigenvalue weighted by Crippen LogP contribution is 2.48. The van der Waals surface area contributed by atoms with Gasteiger partial charge in [-0.25, -0.2) is 5.06 Å². The number of alkyl halides is 6. The Hall–Kier alpha value is -2.83. The molecule has 2 aliphatic rings. The van der Waals surface area contributed by atoms with Gasteiger partial charge in [0.25, 0.3) is 11.8 Å². The molecule has 2 heterocycles. The number of benzene rings is 2. The Bertz CT molecular complexity index is 1310. The lowest BCUT2D eigenvalue weighted by molar-refractivity contribution is -0.184. The SMILES string of the molecule is Cc1cc(C2=NCC(c3cc(Cl)cc(Cl)c3)(C(F)(F)F)C2)ccc1C(=O)N[C@@H]1CON(CCC(F)(F)F)C1=O. The molecule has 1 N–H and O–H groups in total. The van der Waals surface area contributed by atoms with E-state index in [9.17, 15) is 35.9 Å². The summed E-state index contributed by atoms with van der Waals surface area (Å²) in [7, 11) is 0. The molecule has 6 nitrogen and oxygen atoms in total. The van der Waals surface area contributed by atoms with Gasteiger partial charge in [-0.3, -0.25) is 19.4 Å². The molecule has 0 saturated carbocycles. The molecule has 0 aromatic heterocycles. The molecule has 210 valence electrons. The fourth-order valence-corrected chi connectivity index (χ4v) is 5.04. The van der Waals surface area contributed by atoms with Crippen LogP contribution in [0.5, 0.6) is 0 Å². The van der Waals surface area contributed by atoms with Crippen molar-refractivity contribution >= 4 is 40.7 Å². The highest BCUT2D eigenvalue weighted by atomic mass is 35.5. The van der Waals surface area contributed by atoms with Crippen LogP contribution in [0.15, 0.2) is 41.4 Å². The number of hydrogen-bond acceptors (Lipinski definition) is 4. The van der Waals surface area contributed by atoms with Crippen molar-refractivity contribution in [1.82, 2.24) is 10.4 Å². The van der Waals surface area contributed by atoms with Crippen LogP contribution in [0.3, 0.4) is 0 Å². The van der Waals surface area contributed by atoms with Crippen molar-refractivity contribution < 1.29 is 40.8 Å². The number of carbonyl (C=O) groups is 2. The summed E-state index contributed by atoms with van der Waals surface area (Å²) in [5.74, 6) is -1.50. The monoisotopic (exact) mass is 595 g/mol. The zero-order valence-electron chi connectivity index (χ0n) is 20.2. The molecular weight excluding hydrogens is 575 g/mol. The van der Waals surface area contributed by atoms with Gasteiger partial charge in [-0.05, 0) is 53.9 Å². The summed E-state index contributed by atoms with van der Waals surface area (Å²) in [6.45, 7) is -0.0442. The summed E-state index contributed by atoms with van der Waals surface area (Å²) in [5, 5.41) is 3.12. The standard InChI is InChI=1S/C25H21Cl2F6N3O3/c1-13-6-14(19-10-23(12-34-19,25(31,32)33)15-7-16(26)9-17(27)8-15)2-3-18(13)21(37)35-20-11-39-36(22(20)38)5-4-24(28,29)30/h2-3,6-9,20H,4-5,10-12H2,1H3,(H,35,37)/t20-,23?/m1/s1. The third-order valence-corrected chi connectivity index (χ3v) is 7.05. The number of aliphatic imine (C=N–C) groups is 1. The lowest BCUT2D eigenvalue weighted by Gasteiger charge is -2.31. The predicted octanol–water partition coefficient (Wildman–Crippen LogP) is 5.82. The lowest BCUT2D eigenvalue weighted by Crippen LogP contribution is -2.43. The highest BCUT2D eigenvalue weighted by Gasteiger charge is 2.58. The van der Waals surface area contributed by atoms with Crippen LogP contribution >= 0.6 is 23.2 Å². The summed E-state index contributed by atoms with van der Waals surface area (Å²) in [6.07, 6.45) is -10.9. The van der Waals surface area contributed by atoms with Crippen molar-refractivity contribution in [2.24, 2.45) is 4.99 Å². The summed E-state index contributed by atoms with van der Waals surface area (Å²) in [6, 6.07) is 6.93. The van der Waals surface area contributed by atoms with Crippen molar-refractivity contribution in [3.63, 3.8) is 0 Å². The van der Waals surface area contributed by atoms with E-state index in [4.69, 9.17) is 28.0 Å². The molecular formula is C25H21Cl2F6N3O3. The molecule has 0 spiro atoms. The van der Waals surface area contributed by atoms with E-state index in [-0.39, 0.29) is 33.5 Å². The summed E-state index contributed by atoms with van der Waals surface area (Å²) < 4.78 is 80.4. The maximum Gasteiger partial charge on any atom is 0.400 e. The summed E-state index contributed by atoms with van der Waals surface area (Å²) >= 11 is 11.9. The van der Waals surface area contributed by atoms with Crippen LogP contribution in [-0.4, -0.2) is 60.7 Å². The maximum atomic E-state index is 14.4. The molecule has 2 aliphatic heterocycles. The zero-order valence-corrected chi connectivity index (χ0v) is 21.7. The van der Waals surface area contributed by atoms with Gasteiger partial charge < -0.3 is 5.32 Å². The third-order valence-electron chi connectivity index (χ3n) is 6.62. The van der Waals surface area contributed by atoms with Crippen LogP contribution in [0.1, 0.15) is 39.9 Å². The second kappa shape index (κ2) is 10.6. The largest absolute Gasteiger partial charge is 0.400 e. The van der Waals surface area contributed by atoms with E-state index in [2.05, 4.69) is 10.3 Å². The lowest BCUT2D eigenvalue weighted by atomic mass is 9.76. The van der Waals surface area contributed by atoms with Crippen molar-refractivity contribution in [2.45, 2.75) is 43.6 Å². The minimum absolute atomic E-state index is 0.0652. The molecule has 2 aromatic carbocycles. The minimum atomic E-state index is -4.66. The van der Waals surface area contributed by atoms with Gasteiger partial charge in [0.2, 0.25) is 0 Å². The zero-order chi connectivity index (χ0) is 28.8. The molecule has 0 aliphatic carbocycles. The number of aryl methyl sites for hydroxylation is 1. The minimum Gasteiger partial charge on any atom is -0.338 e. The van der Waals surface area contributed by atoms with Gasteiger partial charge in [0.1, 0.15) is 18.1 Å². The van der Waals surface area contributed by atoms with Crippen LogP contribution in [0.2, 0.25) is 10.0 Å². The Morgan fingerprint density at radius 1 is 1.13 bits per heavy atom. The Morgan fingerprint density at radius 3 is 2.38 bits per heavy atom. The Labute approximate surface area is 228 Å². The van der Waals surface area contributed by atoms with Crippen LogP contribution in [0, 0.1) is 6.92 Å². The topological polar surface area (TPSA) is 71.0 Å². The number of rotatable bonds is 6. The van der Waals surface area contributed by atoms with Crippen LogP contribution in [0.4, 0.5) is 26.3 Å². The normalized spacial score (nSPS) is 21.9. The van der Waals surface area contributed by atoms with E-state index in [1.165, 1.54) is 36.4 Å². The number of nitrogens with zero attached hydrogens (tertiary/aromatic N) is 2. The molecule has 2 atom stereocenters. The van der Waals surface area contributed by atoms with Gasteiger partial charge in [-0.1, -0.05) is 29.3 Å². The van der Waals surface area contributed by atoms with Crippen molar-refractivity contribution in [3.8, 4) is 0 Å².